The zero-order valence-corrected chi connectivity index (χ0v) is 23.8. The van der Waals surface area contributed by atoms with E-state index in [-0.39, 0.29) is 48.0 Å². The van der Waals surface area contributed by atoms with Crippen molar-refractivity contribution < 1.29 is 28.8 Å². The van der Waals surface area contributed by atoms with Gasteiger partial charge < -0.3 is 40.1 Å². The van der Waals surface area contributed by atoms with E-state index in [1.807, 2.05) is 25.1 Å². The summed E-state index contributed by atoms with van der Waals surface area (Å²) in [5, 5.41) is 22.1. The summed E-state index contributed by atoms with van der Waals surface area (Å²) in [6.07, 6.45) is -0.560. The van der Waals surface area contributed by atoms with Crippen molar-refractivity contribution in [1.82, 2.24) is 15.0 Å². The van der Waals surface area contributed by atoms with Crippen molar-refractivity contribution in [2.24, 2.45) is 5.92 Å². The standard InChI is InChI=1S/C29H36N6O6/c1-17-14-35(18(2)16-36)27(37)22-12-9-13-23(31-28(38)32-25-19(3)33-41-20(25)4)26(22)40-24(17)15-34(5)29(39)30-21-10-7-6-8-11-21/h6-13,17-18,24,36H,14-16H2,1-5H3,(H,30,39)(H2,31,32,38)/t17-,18+,24-/m1/s1. The van der Waals surface area contributed by atoms with Gasteiger partial charge >= 0.3 is 12.1 Å². The van der Waals surface area contributed by atoms with Crippen LogP contribution in [0.15, 0.2) is 53.1 Å². The second-order valence-electron chi connectivity index (χ2n) is 10.3. The Labute approximate surface area is 238 Å². The minimum Gasteiger partial charge on any atom is -0.485 e. The van der Waals surface area contributed by atoms with Crippen LogP contribution in [0.25, 0.3) is 0 Å². The van der Waals surface area contributed by atoms with Crippen molar-refractivity contribution >= 4 is 35.0 Å². The van der Waals surface area contributed by atoms with Crippen LogP contribution in [-0.4, -0.2) is 76.9 Å². The minimum atomic E-state index is -0.574. The Balaban J connectivity index is 1.63. The lowest BCUT2D eigenvalue weighted by Crippen LogP contribution is -2.50. The molecule has 12 heteroatoms. The maximum absolute atomic E-state index is 13.7. The largest absolute Gasteiger partial charge is 0.485 e. The monoisotopic (exact) mass is 564 g/mol. The molecule has 1 aliphatic heterocycles. The van der Waals surface area contributed by atoms with Crippen molar-refractivity contribution in [1.29, 1.82) is 0 Å². The second kappa shape index (κ2) is 12.7. The van der Waals surface area contributed by atoms with Gasteiger partial charge in [0.05, 0.1) is 30.4 Å². The van der Waals surface area contributed by atoms with E-state index in [9.17, 15) is 19.5 Å². The van der Waals surface area contributed by atoms with Gasteiger partial charge in [0.1, 0.15) is 17.5 Å². The number of aliphatic hydroxyl groups is 1. The van der Waals surface area contributed by atoms with Crippen LogP contribution >= 0.6 is 0 Å². The molecule has 218 valence electrons. The fourth-order valence-electron chi connectivity index (χ4n) is 4.58. The smallest absolute Gasteiger partial charge is 0.323 e. The fraction of sp³-hybridized carbons (Fsp3) is 0.379. The molecule has 0 bridgehead atoms. The summed E-state index contributed by atoms with van der Waals surface area (Å²) < 4.78 is 11.6. The Bertz CT molecular complexity index is 1370. The topological polar surface area (TPSA) is 149 Å². The van der Waals surface area contributed by atoms with Crippen molar-refractivity contribution in [3.05, 3.63) is 65.5 Å². The zero-order valence-electron chi connectivity index (χ0n) is 23.8. The quantitative estimate of drug-likeness (QED) is 0.334. The van der Waals surface area contributed by atoms with Crippen LogP contribution in [0.2, 0.25) is 0 Å². The van der Waals surface area contributed by atoms with Gasteiger partial charge in [-0.05, 0) is 45.0 Å². The molecule has 0 saturated heterocycles. The van der Waals surface area contributed by atoms with E-state index < -0.39 is 18.2 Å². The van der Waals surface area contributed by atoms with Gasteiger partial charge in [-0.2, -0.15) is 0 Å². The van der Waals surface area contributed by atoms with Gasteiger partial charge in [-0.3, -0.25) is 4.79 Å². The van der Waals surface area contributed by atoms with Crippen LogP contribution in [-0.2, 0) is 0 Å². The fourth-order valence-corrected chi connectivity index (χ4v) is 4.58. The number of carbonyl (C=O) groups is 3. The number of para-hydroxylation sites is 2. The molecule has 41 heavy (non-hydrogen) atoms. The highest BCUT2D eigenvalue weighted by molar-refractivity contribution is 6.04. The van der Waals surface area contributed by atoms with Gasteiger partial charge in [0.15, 0.2) is 11.5 Å². The summed E-state index contributed by atoms with van der Waals surface area (Å²) in [6.45, 7) is 7.33. The number of hydrogen-bond donors (Lipinski definition) is 4. The number of aromatic nitrogens is 1. The van der Waals surface area contributed by atoms with Crippen LogP contribution in [0.1, 0.15) is 35.7 Å². The van der Waals surface area contributed by atoms with Gasteiger partial charge in [-0.15, -0.1) is 0 Å². The Morgan fingerprint density at radius 3 is 2.51 bits per heavy atom. The number of urea groups is 2. The van der Waals surface area contributed by atoms with Crippen molar-refractivity contribution in [2.75, 3.05) is 42.7 Å². The summed E-state index contributed by atoms with van der Waals surface area (Å²) in [6, 6.07) is 12.6. The van der Waals surface area contributed by atoms with Crippen molar-refractivity contribution in [2.45, 2.75) is 39.8 Å². The van der Waals surface area contributed by atoms with E-state index in [4.69, 9.17) is 9.26 Å². The number of ether oxygens (including phenoxy) is 1. The molecular formula is C29H36N6O6. The first-order chi connectivity index (χ1) is 19.6. The van der Waals surface area contributed by atoms with E-state index in [0.29, 0.717) is 29.4 Å². The highest BCUT2D eigenvalue weighted by atomic mass is 16.5. The number of hydrogen-bond acceptors (Lipinski definition) is 7. The van der Waals surface area contributed by atoms with E-state index in [0.717, 1.165) is 0 Å². The normalized spacial score (nSPS) is 17.4. The second-order valence-corrected chi connectivity index (χ2v) is 10.3. The number of benzene rings is 2. The molecule has 0 aliphatic carbocycles. The average molecular weight is 565 g/mol. The summed E-state index contributed by atoms with van der Waals surface area (Å²) in [4.78, 5) is 42.7. The van der Waals surface area contributed by atoms with Gasteiger partial charge in [0, 0.05) is 25.2 Å². The molecule has 0 radical (unpaired) electrons. The lowest BCUT2D eigenvalue weighted by molar-refractivity contribution is 0.0373. The SMILES string of the molecule is Cc1noc(C)c1NC(=O)Nc1cccc2c1O[C@H](CN(C)C(=O)Nc1ccccc1)[C@H](C)CN([C@@H](C)CO)C2=O. The Kier molecular flexibility index (Phi) is 9.13. The van der Waals surface area contributed by atoms with Crippen molar-refractivity contribution in [3.63, 3.8) is 0 Å². The lowest BCUT2D eigenvalue weighted by atomic mass is 9.99. The first kappa shape index (κ1) is 29.4. The van der Waals surface area contributed by atoms with Gasteiger partial charge in [-0.25, -0.2) is 9.59 Å². The van der Waals surface area contributed by atoms with E-state index in [1.54, 1.807) is 63.1 Å². The van der Waals surface area contributed by atoms with Gasteiger partial charge in [0.25, 0.3) is 5.91 Å². The molecule has 0 spiro atoms. The molecule has 5 amide bonds. The average Bonchev–Trinajstić information content (AvgIpc) is 3.27. The predicted octanol–water partition coefficient (Wildman–Crippen LogP) is 4.32. The number of likely N-dealkylation sites (N-methyl/N-ethyl adjacent to an activating group) is 1. The Morgan fingerprint density at radius 1 is 1.12 bits per heavy atom. The van der Waals surface area contributed by atoms with E-state index in [1.165, 1.54) is 4.90 Å². The molecule has 4 N–H and O–H groups in total. The van der Waals surface area contributed by atoms with Crippen LogP contribution in [0, 0.1) is 19.8 Å². The molecule has 0 unspecified atom stereocenters. The molecule has 3 atom stereocenters. The highest BCUT2D eigenvalue weighted by Gasteiger charge is 2.35. The van der Waals surface area contributed by atoms with Gasteiger partial charge in [0.2, 0.25) is 0 Å². The van der Waals surface area contributed by atoms with Gasteiger partial charge in [-0.1, -0.05) is 36.3 Å². The first-order valence-electron chi connectivity index (χ1n) is 13.4. The number of rotatable bonds is 7. The Hall–Kier alpha value is -4.58. The highest BCUT2D eigenvalue weighted by Crippen LogP contribution is 2.35. The first-order valence-corrected chi connectivity index (χ1v) is 13.4. The summed E-state index contributed by atoms with van der Waals surface area (Å²) in [7, 11) is 1.66. The number of fused-ring (bicyclic) bond motifs is 1. The third-order valence-corrected chi connectivity index (χ3v) is 7.04. The van der Waals surface area contributed by atoms with Crippen LogP contribution < -0.4 is 20.7 Å². The third kappa shape index (κ3) is 6.77. The maximum atomic E-state index is 13.7. The van der Waals surface area contributed by atoms with E-state index in [2.05, 4.69) is 21.1 Å². The summed E-state index contributed by atoms with van der Waals surface area (Å²) in [5.74, 6) is 0.0517. The Morgan fingerprint density at radius 2 is 1.85 bits per heavy atom. The molecule has 3 aromatic rings. The number of anilines is 3. The molecule has 2 aromatic carbocycles. The van der Waals surface area contributed by atoms with Crippen molar-refractivity contribution in [3.8, 4) is 5.75 Å². The number of nitrogens with zero attached hydrogens (tertiary/aromatic N) is 3. The van der Waals surface area contributed by atoms with Crippen LogP contribution in [0.5, 0.6) is 5.75 Å². The number of nitrogens with one attached hydrogen (secondary N) is 3. The molecule has 2 heterocycles. The number of aliphatic hydroxyl groups excluding tert-OH is 1. The predicted molar refractivity (Wildman–Crippen MR) is 154 cm³/mol. The molecular weight excluding hydrogens is 528 g/mol. The molecule has 1 aromatic heterocycles. The van der Waals surface area contributed by atoms with Crippen LogP contribution in [0.3, 0.4) is 0 Å². The minimum absolute atomic E-state index is 0.176. The molecule has 12 nitrogen and oxygen atoms in total. The third-order valence-electron chi connectivity index (χ3n) is 7.04. The zero-order chi connectivity index (χ0) is 29.7. The van der Waals surface area contributed by atoms with E-state index >= 15 is 0 Å². The summed E-state index contributed by atoms with van der Waals surface area (Å²) >= 11 is 0. The molecule has 0 fully saturated rings. The number of amides is 5. The lowest BCUT2D eigenvalue weighted by Gasteiger charge is -2.38. The number of aryl methyl sites for hydroxylation is 2. The number of carbonyl (C=O) groups excluding carboxylic acids is 3. The summed E-state index contributed by atoms with van der Waals surface area (Å²) in [5.41, 5.74) is 2.12. The molecule has 0 saturated carbocycles. The molecule has 1 aliphatic rings. The van der Waals surface area contributed by atoms with Crippen LogP contribution in [0.4, 0.5) is 26.7 Å². The molecule has 4 rings (SSSR count). The maximum Gasteiger partial charge on any atom is 0.323 e.